The van der Waals surface area contributed by atoms with Gasteiger partial charge in [-0.05, 0) is 50.8 Å². The van der Waals surface area contributed by atoms with Crippen LogP contribution in [0.5, 0.6) is 0 Å². The number of alkyl halides is 3. The first-order valence-electron chi connectivity index (χ1n) is 10.6. The van der Waals surface area contributed by atoms with E-state index >= 15 is 0 Å². The van der Waals surface area contributed by atoms with Crippen LogP contribution >= 0.6 is 0 Å². The predicted molar refractivity (Wildman–Crippen MR) is 113 cm³/mol. The molecule has 0 fully saturated rings. The van der Waals surface area contributed by atoms with Gasteiger partial charge in [-0.3, -0.25) is 9.59 Å². The van der Waals surface area contributed by atoms with Gasteiger partial charge in [0.1, 0.15) is 5.92 Å². The van der Waals surface area contributed by atoms with Crippen LogP contribution in [0.15, 0.2) is 46.8 Å². The highest BCUT2D eigenvalue weighted by Gasteiger charge is 2.47. The van der Waals surface area contributed by atoms with Crippen molar-refractivity contribution in [3.63, 3.8) is 0 Å². The molecule has 0 spiro atoms. The minimum Gasteiger partial charge on any atom is -0.468 e. The van der Waals surface area contributed by atoms with E-state index < -0.39 is 47.4 Å². The van der Waals surface area contributed by atoms with Gasteiger partial charge in [-0.1, -0.05) is 19.1 Å². The minimum absolute atomic E-state index is 0.119. The van der Waals surface area contributed by atoms with Crippen LogP contribution < -0.4 is 5.32 Å². The molecule has 6 nitrogen and oxygen atoms in total. The second-order valence-electron chi connectivity index (χ2n) is 8.61. The summed E-state index contributed by atoms with van der Waals surface area (Å²) in [6, 6.07) is 4.31. The maximum Gasteiger partial charge on any atom is 0.416 e. The Balaban J connectivity index is 2.18. The summed E-state index contributed by atoms with van der Waals surface area (Å²) in [5.74, 6) is -4.32. The van der Waals surface area contributed by atoms with Gasteiger partial charge in [-0.25, -0.2) is 4.79 Å². The van der Waals surface area contributed by atoms with E-state index in [2.05, 4.69) is 5.32 Å². The standard InChI is InChI=1S/C24H26F3NO5/c1-11(2)33-23(31)18-13(4)28-16-10-12(3)17(22(30)32-5)21(29)20(16)19(18)14-6-8-15(9-7-14)24(25,26)27/h6-9,11-12,17,19,28H,10H2,1-5H3/t12-,17-,19-/m0/s1. The van der Waals surface area contributed by atoms with Crippen molar-refractivity contribution in [2.24, 2.45) is 11.8 Å². The van der Waals surface area contributed by atoms with E-state index in [0.717, 1.165) is 12.1 Å². The largest absolute Gasteiger partial charge is 0.468 e. The Morgan fingerprint density at radius 3 is 2.27 bits per heavy atom. The van der Waals surface area contributed by atoms with Gasteiger partial charge in [0.2, 0.25) is 0 Å². The molecule has 0 bridgehead atoms. The second-order valence-corrected chi connectivity index (χ2v) is 8.61. The molecule has 0 amide bonds. The van der Waals surface area contributed by atoms with E-state index in [1.54, 1.807) is 27.7 Å². The van der Waals surface area contributed by atoms with Gasteiger partial charge in [0, 0.05) is 22.9 Å². The van der Waals surface area contributed by atoms with Gasteiger partial charge in [0.05, 0.1) is 24.4 Å². The van der Waals surface area contributed by atoms with Gasteiger partial charge in [0.25, 0.3) is 0 Å². The zero-order valence-corrected chi connectivity index (χ0v) is 19.0. The number of carbonyl (C=O) groups is 3. The molecule has 3 atom stereocenters. The van der Waals surface area contributed by atoms with Crippen LogP contribution in [0, 0.1) is 11.8 Å². The lowest BCUT2D eigenvalue weighted by molar-refractivity contribution is -0.151. The van der Waals surface area contributed by atoms with Crippen LogP contribution in [0.3, 0.4) is 0 Å². The summed E-state index contributed by atoms with van der Waals surface area (Å²) in [6.07, 6.45) is -4.65. The lowest BCUT2D eigenvalue weighted by Gasteiger charge is -2.38. The topological polar surface area (TPSA) is 81.7 Å². The van der Waals surface area contributed by atoms with E-state index in [4.69, 9.17) is 9.47 Å². The monoisotopic (exact) mass is 465 g/mol. The molecule has 1 aliphatic carbocycles. The van der Waals surface area contributed by atoms with Crippen LogP contribution in [-0.2, 0) is 30.0 Å². The summed E-state index contributed by atoms with van der Waals surface area (Å²) in [6.45, 7) is 6.74. The van der Waals surface area contributed by atoms with E-state index in [0.29, 0.717) is 23.4 Å². The molecule has 0 radical (unpaired) electrons. The number of esters is 2. The zero-order chi connectivity index (χ0) is 24.7. The van der Waals surface area contributed by atoms with Gasteiger partial charge < -0.3 is 14.8 Å². The van der Waals surface area contributed by atoms with Crippen molar-refractivity contribution >= 4 is 17.7 Å². The number of ether oxygens (including phenoxy) is 2. The average molecular weight is 465 g/mol. The fourth-order valence-electron chi connectivity index (χ4n) is 4.43. The summed E-state index contributed by atoms with van der Waals surface area (Å²) < 4.78 is 49.6. The van der Waals surface area contributed by atoms with Gasteiger partial charge in [-0.2, -0.15) is 13.2 Å². The molecule has 1 heterocycles. The molecule has 3 rings (SSSR count). The lowest BCUT2D eigenvalue weighted by Crippen LogP contribution is -2.43. The van der Waals surface area contributed by atoms with Crippen LogP contribution in [0.4, 0.5) is 13.2 Å². The second kappa shape index (κ2) is 9.03. The molecule has 1 aliphatic heterocycles. The third-order valence-electron chi connectivity index (χ3n) is 5.88. The first kappa shape index (κ1) is 24.5. The molecule has 0 saturated heterocycles. The van der Waals surface area contributed by atoms with Crippen molar-refractivity contribution in [3.05, 3.63) is 57.9 Å². The van der Waals surface area contributed by atoms with Crippen LogP contribution in [0.25, 0.3) is 0 Å². The fraction of sp³-hybridized carbons (Fsp3) is 0.458. The van der Waals surface area contributed by atoms with Crippen molar-refractivity contribution in [1.82, 2.24) is 5.32 Å². The van der Waals surface area contributed by atoms with Crippen molar-refractivity contribution in [2.75, 3.05) is 7.11 Å². The molecule has 178 valence electrons. The number of benzene rings is 1. The Kier molecular flexibility index (Phi) is 6.72. The van der Waals surface area contributed by atoms with Crippen LogP contribution in [0.1, 0.15) is 51.2 Å². The fourth-order valence-corrected chi connectivity index (χ4v) is 4.43. The van der Waals surface area contributed by atoms with E-state index in [1.807, 2.05) is 0 Å². The number of nitrogens with one attached hydrogen (secondary N) is 1. The maximum absolute atomic E-state index is 13.5. The SMILES string of the molecule is COC(=O)[C@@H]1C(=O)C2=C(C[C@@H]1C)NC(C)=C(C(=O)OC(C)C)[C@@H]2c1ccc(C(F)(F)F)cc1. The molecule has 1 aromatic rings. The Morgan fingerprint density at radius 1 is 1.15 bits per heavy atom. The predicted octanol–water partition coefficient (Wildman–Crippen LogP) is 4.27. The molecule has 2 aliphatic rings. The first-order chi connectivity index (χ1) is 15.4. The number of allylic oxidation sites excluding steroid dienone is 3. The van der Waals surface area contributed by atoms with Crippen molar-refractivity contribution < 1.29 is 37.0 Å². The molecule has 0 aromatic heterocycles. The Morgan fingerprint density at radius 2 is 1.76 bits per heavy atom. The summed E-state index contributed by atoms with van der Waals surface area (Å²) in [7, 11) is 1.19. The zero-order valence-electron chi connectivity index (χ0n) is 19.0. The normalized spacial score (nSPS) is 23.3. The summed E-state index contributed by atoms with van der Waals surface area (Å²) >= 11 is 0. The number of methoxy groups -OCH3 is 1. The Labute approximate surface area is 189 Å². The van der Waals surface area contributed by atoms with E-state index in [1.165, 1.54) is 19.2 Å². The molecular weight excluding hydrogens is 439 g/mol. The number of carbonyl (C=O) groups excluding carboxylic acids is 3. The van der Waals surface area contributed by atoms with Crippen LogP contribution in [-0.4, -0.2) is 30.9 Å². The molecular formula is C24H26F3NO5. The van der Waals surface area contributed by atoms with Crippen molar-refractivity contribution in [1.29, 1.82) is 0 Å². The Hall–Kier alpha value is -3.10. The number of Topliss-reactive ketones (excluding diaryl/α,β-unsaturated/α-hetero) is 1. The highest BCUT2D eigenvalue weighted by molar-refractivity contribution is 6.12. The number of ketones is 1. The van der Waals surface area contributed by atoms with E-state index in [-0.39, 0.29) is 17.1 Å². The molecule has 0 unspecified atom stereocenters. The molecule has 1 N–H and O–H groups in total. The number of halogens is 3. The summed E-state index contributed by atoms with van der Waals surface area (Å²) in [4.78, 5) is 38.9. The third-order valence-corrected chi connectivity index (χ3v) is 5.88. The highest BCUT2D eigenvalue weighted by Crippen LogP contribution is 2.46. The molecule has 9 heteroatoms. The summed E-state index contributed by atoms with van der Waals surface area (Å²) in [5, 5.41) is 3.10. The number of rotatable bonds is 4. The third kappa shape index (κ3) is 4.67. The Bertz CT molecular complexity index is 1040. The van der Waals surface area contributed by atoms with Crippen LogP contribution in [0.2, 0.25) is 0 Å². The smallest absolute Gasteiger partial charge is 0.416 e. The van der Waals surface area contributed by atoms with Gasteiger partial charge in [0.15, 0.2) is 5.78 Å². The molecule has 1 aromatic carbocycles. The van der Waals surface area contributed by atoms with E-state index in [9.17, 15) is 27.6 Å². The van der Waals surface area contributed by atoms with Gasteiger partial charge >= 0.3 is 18.1 Å². The average Bonchev–Trinajstić information content (AvgIpc) is 2.71. The van der Waals surface area contributed by atoms with Gasteiger partial charge in [-0.15, -0.1) is 0 Å². The first-order valence-corrected chi connectivity index (χ1v) is 10.6. The number of dihydropyridines is 1. The molecule has 0 saturated carbocycles. The highest BCUT2D eigenvalue weighted by atomic mass is 19.4. The maximum atomic E-state index is 13.5. The minimum atomic E-state index is -4.53. The number of hydrogen-bond acceptors (Lipinski definition) is 6. The molecule has 33 heavy (non-hydrogen) atoms. The van der Waals surface area contributed by atoms with Crippen molar-refractivity contribution in [3.8, 4) is 0 Å². The quantitative estimate of drug-likeness (QED) is 0.528. The summed E-state index contributed by atoms with van der Waals surface area (Å²) in [5.41, 5.74) is 0.742. The van der Waals surface area contributed by atoms with Crippen molar-refractivity contribution in [2.45, 2.75) is 52.3 Å². The lowest BCUT2D eigenvalue weighted by atomic mass is 9.69. The number of hydrogen-bond donors (Lipinski definition) is 1.